The van der Waals surface area contributed by atoms with Crippen LogP contribution >= 0.6 is 11.6 Å². The van der Waals surface area contributed by atoms with E-state index in [4.69, 9.17) is 17.3 Å². The van der Waals surface area contributed by atoms with Gasteiger partial charge in [-0.15, -0.1) is 0 Å². The second kappa shape index (κ2) is 7.08. The van der Waals surface area contributed by atoms with E-state index in [9.17, 15) is 0 Å². The third-order valence-corrected chi connectivity index (χ3v) is 4.12. The van der Waals surface area contributed by atoms with E-state index < -0.39 is 0 Å². The Balaban J connectivity index is 2.08. The third kappa shape index (κ3) is 4.31. The molecule has 2 nitrogen and oxygen atoms in total. The Bertz CT molecular complexity index is 570. The number of nitrogens with two attached hydrogens (primary N) is 1. The summed E-state index contributed by atoms with van der Waals surface area (Å²) >= 11 is 6.05. The summed E-state index contributed by atoms with van der Waals surface area (Å²) in [5.41, 5.74) is 8.51. The molecule has 0 amide bonds. The number of hydrogen-bond acceptors (Lipinski definition) is 2. The van der Waals surface area contributed by atoms with Crippen LogP contribution in [-0.2, 0) is 12.0 Å². The number of rotatable bonds is 6. The largest absolute Gasteiger partial charge is 0.330 e. The maximum absolute atomic E-state index is 6.06. The third-order valence-electron chi connectivity index (χ3n) is 3.88. The lowest BCUT2D eigenvalue weighted by molar-refractivity contribution is 0.252. The average Bonchev–Trinajstić information content (AvgIpc) is 2.48. The quantitative estimate of drug-likeness (QED) is 0.882. The van der Waals surface area contributed by atoms with E-state index in [1.165, 1.54) is 11.1 Å². The summed E-state index contributed by atoms with van der Waals surface area (Å²) in [5, 5.41) is 0.783. The molecular weight excluding hydrogens is 280 g/mol. The van der Waals surface area contributed by atoms with Gasteiger partial charge in [0.25, 0.3) is 0 Å². The van der Waals surface area contributed by atoms with E-state index in [1.54, 1.807) is 0 Å². The van der Waals surface area contributed by atoms with Gasteiger partial charge in [-0.2, -0.15) is 0 Å². The van der Waals surface area contributed by atoms with E-state index in [-0.39, 0.29) is 5.41 Å². The molecule has 0 saturated heterocycles. The maximum atomic E-state index is 6.06. The van der Waals surface area contributed by atoms with Crippen LogP contribution in [0.2, 0.25) is 5.02 Å². The lowest BCUT2D eigenvalue weighted by Gasteiger charge is -2.33. The van der Waals surface area contributed by atoms with Gasteiger partial charge in [0, 0.05) is 30.1 Å². The van der Waals surface area contributed by atoms with Crippen molar-refractivity contribution in [2.24, 2.45) is 5.73 Å². The summed E-state index contributed by atoms with van der Waals surface area (Å²) in [5.74, 6) is 0. The molecule has 2 rings (SSSR count). The van der Waals surface area contributed by atoms with Gasteiger partial charge in [0.1, 0.15) is 0 Å². The number of benzene rings is 2. The van der Waals surface area contributed by atoms with Gasteiger partial charge in [0.2, 0.25) is 0 Å². The van der Waals surface area contributed by atoms with Gasteiger partial charge in [0.05, 0.1) is 0 Å². The summed E-state index contributed by atoms with van der Waals surface area (Å²) in [4.78, 5) is 2.30. The predicted molar refractivity (Wildman–Crippen MR) is 90.6 cm³/mol. The first kappa shape index (κ1) is 16.0. The van der Waals surface area contributed by atoms with Crippen LogP contribution in [-0.4, -0.2) is 25.0 Å². The van der Waals surface area contributed by atoms with Crippen molar-refractivity contribution in [3.8, 4) is 0 Å². The van der Waals surface area contributed by atoms with Gasteiger partial charge < -0.3 is 10.6 Å². The van der Waals surface area contributed by atoms with Crippen molar-refractivity contribution in [2.75, 3.05) is 20.1 Å². The molecule has 0 aliphatic heterocycles. The smallest absolute Gasteiger partial charge is 0.0409 e. The molecule has 21 heavy (non-hydrogen) atoms. The van der Waals surface area contributed by atoms with Crippen LogP contribution in [0.25, 0.3) is 0 Å². The summed E-state index contributed by atoms with van der Waals surface area (Å²) in [6, 6.07) is 18.5. The molecule has 1 unspecified atom stereocenters. The highest BCUT2D eigenvalue weighted by Gasteiger charge is 2.26. The molecule has 0 fully saturated rings. The van der Waals surface area contributed by atoms with Crippen molar-refractivity contribution in [3.05, 3.63) is 70.7 Å². The summed E-state index contributed by atoms with van der Waals surface area (Å²) < 4.78 is 0. The second-order valence-corrected chi connectivity index (χ2v) is 6.37. The van der Waals surface area contributed by atoms with Crippen LogP contribution in [0.1, 0.15) is 18.1 Å². The number of halogens is 1. The van der Waals surface area contributed by atoms with E-state index in [0.717, 1.165) is 18.1 Å². The minimum absolute atomic E-state index is 0.0470. The normalized spacial score (nSPS) is 14.1. The molecule has 0 heterocycles. The Kier molecular flexibility index (Phi) is 5.40. The Morgan fingerprint density at radius 1 is 1.10 bits per heavy atom. The minimum atomic E-state index is -0.0470. The molecule has 3 heteroatoms. The fourth-order valence-electron chi connectivity index (χ4n) is 2.71. The predicted octanol–water partition coefficient (Wildman–Crippen LogP) is 3.69. The number of nitrogens with zero attached hydrogens (tertiary/aromatic N) is 1. The second-order valence-electron chi connectivity index (χ2n) is 5.93. The molecule has 0 radical (unpaired) electrons. The maximum Gasteiger partial charge on any atom is 0.0409 e. The molecule has 0 aliphatic carbocycles. The summed E-state index contributed by atoms with van der Waals surface area (Å²) in [7, 11) is 2.12. The topological polar surface area (TPSA) is 29.3 Å². The van der Waals surface area contributed by atoms with Crippen molar-refractivity contribution in [2.45, 2.75) is 18.9 Å². The first-order valence-corrected chi connectivity index (χ1v) is 7.60. The summed E-state index contributed by atoms with van der Waals surface area (Å²) in [6.07, 6.45) is 0. The average molecular weight is 303 g/mol. The van der Waals surface area contributed by atoms with Crippen LogP contribution in [0.15, 0.2) is 54.6 Å². The van der Waals surface area contributed by atoms with Crippen LogP contribution in [0, 0.1) is 0 Å². The lowest BCUT2D eigenvalue weighted by Crippen LogP contribution is -2.42. The van der Waals surface area contributed by atoms with Crippen molar-refractivity contribution in [1.29, 1.82) is 0 Å². The molecule has 2 aromatic rings. The monoisotopic (exact) mass is 302 g/mol. The van der Waals surface area contributed by atoms with Crippen molar-refractivity contribution < 1.29 is 0 Å². The van der Waals surface area contributed by atoms with E-state index in [2.05, 4.69) is 49.2 Å². The van der Waals surface area contributed by atoms with Crippen molar-refractivity contribution >= 4 is 11.6 Å². The highest BCUT2D eigenvalue weighted by atomic mass is 35.5. The highest BCUT2D eigenvalue weighted by Crippen LogP contribution is 2.24. The Labute approximate surface area is 132 Å². The van der Waals surface area contributed by atoms with Crippen LogP contribution < -0.4 is 5.73 Å². The molecule has 0 spiro atoms. The van der Waals surface area contributed by atoms with E-state index >= 15 is 0 Å². The van der Waals surface area contributed by atoms with Crippen LogP contribution in [0.3, 0.4) is 0 Å². The Hall–Kier alpha value is -1.35. The first-order valence-electron chi connectivity index (χ1n) is 7.22. The van der Waals surface area contributed by atoms with Gasteiger partial charge in [0.15, 0.2) is 0 Å². The van der Waals surface area contributed by atoms with E-state index in [1.807, 2.05) is 24.3 Å². The van der Waals surface area contributed by atoms with E-state index in [0.29, 0.717) is 6.54 Å². The number of likely N-dealkylation sites (N-methyl/N-ethyl adjacent to an activating group) is 1. The molecule has 0 aliphatic rings. The fourth-order valence-corrected chi connectivity index (χ4v) is 2.93. The number of hydrogen-bond donors (Lipinski definition) is 1. The molecule has 1 atom stereocenters. The van der Waals surface area contributed by atoms with Crippen LogP contribution in [0.4, 0.5) is 0 Å². The molecule has 2 N–H and O–H groups in total. The zero-order valence-corrected chi connectivity index (χ0v) is 13.5. The first-order chi connectivity index (χ1) is 10.0. The van der Waals surface area contributed by atoms with Crippen molar-refractivity contribution in [1.82, 2.24) is 4.90 Å². The van der Waals surface area contributed by atoms with Gasteiger partial charge in [-0.1, -0.05) is 61.0 Å². The van der Waals surface area contributed by atoms with Gasteiger partial charge >= 0.3 is 0 Å². The van der Waals surface area contributed by atoms with Gasteiger partial charge in [-0.05, 0) is 30.3 Å². The molecule has 0 aromatic heterocycles. The molecule has 0 bridgehead atoms. The molecule has 112 valence electrons. The minimum Gasteiger partial charge on any atom is -0.330 e. The Morgan fingerprint density at radius 3 is 2.43 bits per heavy atom. The molecule has 0 saturated carbocycles. The highest BCUT2D eigenvalue weighted by molar-refractivity contribution is 6.30. The SMILES string of the molecule is CN(Cc1cccc(Cl)c1)CC(C)(CN)c1ccccc1. The Morgan fingerprint density at radius 2 is 1.81 bits per heavy atom. The molecule has 2 aromatic carbocycles. The molecular formula is C18H23ClN2. The van der Waals surface area contributed by atoms with Gasteiger partial charge in [-0.25, -0.2) is 0 Å². The zero-order valence-electron chi connectivity index (χ0n) is 12.7. The van der Waals surface area contributed by atoms with Crippen LogP contribution in [0.5, 0.6) is 0 Å². The summed E-state index contributed by atoms with van der Waals surface area (Å²) in [6.45, 7) is 4.61. The van der Waals surface area contributed by atoms with Crippen molar-refractivity contribution in [3.63, 3.8) is 0 Å². The fraction of sp³-hybridized carbons (Fsp3) is 0.333. The standard InChI is InChI=1S/C18H23ClN2/c1-18(13-20,16-8-4-3-5-9-16)14-21(2)12-15-7-6-10-17(19)11-15/h3-11H,12-14,20H2,1-2H3. The van der Waals surface area contributed by atoms with Gasteiger partial charge in [-0.3, -0.25) is 0 Å². The lowest BCUT2D eigenvalue weighted by atomic mass is 9.82. The zero-order chi connectivity index (χ0) is 15.3.